The SMILES string of the molecule is C=CCn1c(=O)c2cnc(Nc3ccc4c(c3)CNCC43CC3)nc2n1-c1ccc2c(n1)[C@@](C)(O)CC2. The van der Waals surface area contributed by atoms with E-state index >= 15 is 0 Å². The molecule has 1 fully saturated rings. The van der Waals surface area contributed by atoms with Gasteiger partial charge >= 0.3 is 0 Å². The predicted molar refractivity (Wildman–Crippen MR) is 141 cm³/mol. The molecule has 3 aliphatic rings. The number of hydrogen-bond donors (Lipinski definition) is 3. The van der Waals surface area contributed by atoms with Gasteiger partial charge in [0.05, 0.1) is 12.2 Å². The molecule has 0 unspecified atom stereocenters. The number of nitrogens with zero attached hydrogens (tertiary/aromatic N) is 5. The number of allylic oxidation sites excluding steroid dienone is 1. The van der Waals surface area contributed by atoms with Gasteiger partial charge in [0.15, 0.2) is 11.5 Å². The number of hydrogen-bond acceptors (Lipinski definition) is 7. The van der Waals surface area contributed by atoms with Gasteiger partial charge in [0, 0.05) is 30.4 Å². The second-order valence-electron chi connectivity index (χ2n) is 10.8. The minimum Gasteiger partial charge on any atom is -0.384 e. The maximum absolute atomic E-state index is 13.3. The summed E-state index contributed by atoms with van der Waals surface area (Å²) in [5.41, 5.74) is 4.88. The lowest BCUT2D eigenvalue weighted by Crippen LogP contribution is -2.33. The molecule has 1 spiro atoms. The summed E-state index contributed by atoms with van der Waals surface area (Å²) in [6.07, 6.45) is 7.11. The smallest absolute Gasteiger partial charge is 0.278 e. The Kier molecular flexibility index (Phi) is 4.74. The van der Waals surface area contributed by atoms with Crippen LogP contribution in [0.25, 0.3) is 16.9 Å². The number of nitrogens with one attached hydrogen (secondary N) is 2. The summed E-state index contributed by atoms with van der Waals surface area (Å²) in [6, 6.07) is 10.3. The van der Waals surface area contributed by atoms with Crippen LogP contribution in [0.4, 0.5) is 11.6 Å². The quantitative estimate of drug-likeness (QED) is 0.365. The first-order valence-corrected chi connectivity index (χ1v) is 12.8. The van der Waals surface area contributed by atoms with Gasteiger partial charge < -0.3 is 15.7 Å². The van der Waals surface area contributed by atoms with Crippen LogP contribution in [0.1, 0.15) is 48.6 Å². The zero-order chi connectivity index (χ0) is 25.4. The van der Waals surface area contributed by atoms with Gasteiger partial charge in [0.2, 0.25) is 5.95 Å². The average Bonchev–Trinajstić information content (AvgIpc) is 3.52. The normalized spacial score (nSPS) is 21.1. The Bertz CT molecular complexity index is 1640. The summed E-state index contributed by atoms with van der Waals surface area (Å²) in [5, 5.41) is 18.1. The average molecular weight is 496 g/mol. The topological polar surface area (TPSA) is 110 Å². The van der Waals surface area contributed by atoms with Crippen LogP contribution in [0.3, 0.4) is 0 Å². The van der Waals surface area contributed by atoms with Crippen molar-refractivity contribution in [3.8, 4) is 5.82 Å². The lowest BCUT2D eigenvalue weighted by molar-refractivity contribution is 0.0553. The lowest BCUT2D eigenvalue weighted by atomic mass is 9.88. The third kappa shape index (κ3) is 3.45. The fraction of sp³-hybridized carbons (Fsp3) is 0.357. The molecule has 1 aromatic carbocycles. The predicted octanol–water partition coefficient (Wildman–Crippen LogP) is 3.20. The molecule has 7 rings (SSSR count). The van der Waals surface area contributed by atoms with E-state index in [0.29, 0.717) is 40.3 Å². The molecular formula is C28H29N7O2. The number of fused-ring (bicyclic) bond motifs is 4. The van der Waals surface area contributed by atoms with Crippen LogP contribution in [0.2, 0.25) is 0 Å². The highest BCUT2D eigenvalue weighted by Gasteiger charge is 2.46. The summed E-state index contributed by atoms with van der Waals surface area (Å²) < 4.78 is 3.25. The minimum absolute atomic E-state index is 0.218. The van der Waals surface area contributed by atoms with Crippen LogP contribution < -0.4 is 16.2 Å². The van der Waals surface area contributed by atoms with Crippen molar-refractivity contribution in [2.45, 2.75) is 56.7 Å². The molecule has 0 amide bonds. The maximum atomic E-state index is 13.3. The first kappa shape index (κ1) is 22.4. The summed E-state index contributed by atoms with van der Waals surface area (Å²) in [4.78, 5) is 27.3. The van der Waals surface area contributed by atoms with Gasteiger partial charge in [-0.2, -0.15) is 4.98 Å². The van der Waals surface area contributed by atoms with E-state index in [1.165, 1.54) is 24.0 Å². The summed E-state index contributed by atoms with van der Waals surface area (Å²) >= 11 is 0. The zero-order valence-electron chi connectivity index (χ0n) is 20.8. The zero-order valence-corrected chi connectivity index (χ0v) is 20.8. The molecule has 1 atom stereocenters. The van der Waals surface area contributed by atoms with Gasteiger partial charge in [-0.1, -0.05) is 18.2 Å². The fourth-order valence-corrected chi connectivity index (χ4v) is 5.96. The van der Waals surface area contributed by atoms with E-state index in [1.807, 2.05) is 12.1 Å². The molecule has 0 bridgehead atoms. The van der Waals surface area contributed by atoms with E-state index in [9.17, 15) is 9.90 Å². The third-order valence-electron chi connectivity index (χ3n) is 8.12. The Morgan fingerprint density at radius 3 is 2.86 bits per heavy atom. The Morgan fingerprint density at radius 1 is 1.19 bits per heavy atom. The van der Waals surface area contributed by atoms with Crippen molar-refractivity contribution in [3.63, 3.8) is 0 Å². The summed E-state index contributed by atoms with van der Waals surface area (Å²) in [6.45, 7) is 7.79. The number of aromatic nitrogens is 5. The number of aliphatic hydroxyl groups is 1. The molecule has 3 N–H and O–H groups in total. The molecule has 9 heteroatoms. The van der Waals surface area contributed by atoms with E-state index < -0.39 is 5.60 Å². The van der Waals surface area contributed by atoms with Crippen molar-refractivity contribution in [1.29, 1.82) is 0 Å². The van der Waals surface area contributed by atoms with Crippen LogP contribution >= 0.6 is 0 Å². The largest absolute Gasteiger partial charge is 0.384 e. The molecule has 4 heterocycles. The van der Waals surface area contributed by atoms with E-state index in [-0.39, 0.29) is 12.1 Å². The third-order valence-corrected chi connectivity index (χ3v) is 8.12. The molecule has 1 saturated carbocycles. The van der Waals surface area contributed by atoms with Crippen molar-refractivity contribution in [2.24, 2.45) is 0 Å². The molecule has 3 aromatic heterocycles. The Morgan fingerprint density at radius 2 is 2.05 bits per heavy atom. The van der Waals surface area contributed by atoms with E-state index in [0.717, 1.165) is 30.8 Å². The van der Waals surface area contributed by atoms with E-state index in [1.54, 1.807) is 28.6 Å². The Balaban J connectivity index is 1.32. The van der Waals surface area contributed by atoms with Crippen molar-refractivity contribution < 1.29 is 5.11 Å². The highest BCUT2D eigenvalue weighted by atomic mass is 16.3. The molecule has 188 valence electrons. The van der Waals surface area contributed by atoms with Gasteiger partial charge in [0.1, 0.15) is 11.0 Å². The minimum atomic E-state index is -1.00. The molecule has 37 heavy (non-hydrogen) atoms. The number of aryl methyl sites for hydroxylation is 1. The highest BCUT2D eigenvalue weighted by Crippen LogP contribution is 2.50. The lowest BCUT2D eigenvalue weighted by Gasteiger charge is -2.26. The molecule has 9 nitrogen and oxygen atoms in total. The van der Waals surface area contributed by atoms with Crippen molar-refractivity contribution in [1.82, 2.24) is 29.6 Å². The molecular weight excluding hydrogens is 466 g/mol. The van der Waals surface area contributed by atoms with Crippen molar-refractivity contribution in [2.75, 3.05) is 11.9 Å². The maximum Gasteiger partial charge on any atom is 0.278 e. The number of anilines is 2. The van der Waals surface area contributed by atoms with Gasteiger partial charge in [-0.05, 0) is 67.5 Å². The van der Waals surface area contributed by atoms with Crippen molar-refractivity contribution in [3.05, 3.63) is 81.9 Å². The van der Waals surface area contributed by atoms with Crippen LogP contribution in [-0.2, 0) is 30.5 Å². The summed E-state index contributed by atoms with van der Waals surface area (Å²) in [5.74, 6) is 0.920. The fourth-order valence-electron chi connectivity index (χ4n) is 5.96. The Labute approximate surface area is 213 Å². The van der Waals surface area contributed by atoms with Gasteiger partial charge in [-0.15, -0.1) is 6.58 Å². The van der Waals surface area contributed by atoms with Crippen LogP contribution in [0.15, 0.2) is 54.0 Å². The number of pyridine rings is 1. The molecule has 2 aliphatic carbocycles. The molecule has 0 radical (unpaired) electrons. The molecule has 4 aromatic rings. The van der Waals surface area contributed by atoms with E-state index in [4.69, 9.17) is 9.97 Å². The van der Waals surface area contributed by atoms with Crippen LogP contribution in [0.5, 0.6) is 0 Å². The monoisotopic (exact) mass is 495 g/mol. The Hall–Kier alpha value is -3.82. The van der Waals surface area contributed by atoms with Gasteiger partial charge in [-0.3, -0.25) is 4.79 Å². The van der Waals surface area contributed by atoms with E-state index in [2.05, 4.69) is 40.4 Å². The second-order valence-corrected chi connectivity index (χ2v) is 10.8. The first-order valence-electron chi connectivity index (χ1n) is 12.8. The van der Waals surface area contributed by atoms with Gasteiger partial charge in [-0.25, -0.2) is 19.3 Å². The highest BCUT2D eigenvalue weighted by molar-refractivity contribution is 5.77. The van der Waals surface area contributed by atoms with Crippen LogP contribution in [-0.4, -0.2) is 36.0 Å². The van der Waals surface area contributed by atoms with Crippen LogP contribution in [0, 0.1) is 0 Å². The number of rotatable bonds is 5. The standard InChI is InChI=1S/C28H29N7O2/c1-3-12-34-25(36)20-15-30-26(31-19-5-6-21-18(13-19)14-29-16-28(21)10-11-28)33-24(20)35(34)22-7-4-17-8-9-27(2,37)23(17)32-22/h3-7,13,15,29,37H,1,8-12,14,16H2,2H3,(H,30,31,33)/t27-/m0/s1. The second kappa shape index (κ2) is 7.84. The van der Waals surface area contributed by atoms with Crippen molar-refractivity contribution >= 4 is 22.7 Å². The first-order chi connectivity index (χ1) is 17.9. The van der Waals surface area contributed by atoms with Gasteiger partial charge in [0.25, 0.3) is 5.56 Å². The summed E-state index contributed by atoms with van der Waals surface area (Å²) in [7, 11) is 0. The number of benzene rings is 1. The molecule has 1 aliphatic heterocycles. The molecule has 0 saturated heterocycles.